The van der Waals surface area contributed by atoms with Gasteiger partial charge >= 0.3 is 0 Å². The number of aromatic amines is 1. The molecule has 1 unspecified atom stereocenters. The molecule has 0 aliphatic carbocycles. The quantitative estimate of drug-likeness (QED) is 0.743. The zero-order valence-corrected chi connectivity index (χ0v) is 14.2. The molecule has 3 heterocycles. The minimum atomic E-state index is 0.00297. The van der Waals surface area contributed by atoms with E-state index in [-0.39, 0.29) is 6.10 Å². The Morgan fingerprint density at radius 2 is 1.84 bits per heavy atom. The van der Waals surface area contributed by atoms with Crippen LogP contribution in [0.25, 0.3) is 22.4 Å². The van der Waals surface area contributed by atoms with Gasteiger partial charge in [0.05, 0.1) is 11.3 Å². The second-order valence-electron chi connectivity index (χ2n) is 5.78. The summed E-state index contributed by atoms with van der Waals surface area (Å²) >= 11 is 6.02. The molecule has 2 aromatic heterocycles. The number of rotatable bonds is 4. The first-order valence-corrected chi connectivity index (χ1v) is 8.50. The van der Waals surface area contributed by atoms with Crippen LogP contribution in [-0.2, 0) is 0 Å². The summed E-state index contributed by atoms with van der Waals surface area (Å²) in [4.78, 5) is 4.11. The summed E-state index contributed by atoms with van der Waals surface area (Å²) in [6.45, 7) is 0.889. The number of hydrogen-bond acceptors (Lipinski definition) is 4. The van der Waals surface area contributed by atoms with Crippen LogP contribution in [0.4, 0.5) is 0 Å². The van der Waals surface area contributed by atoms with Crippen molar-refractivity contribution in [3.8, 4) is 28.3 Å². The molecule has 0 radical (unpaired) electrons. The van der Waals surface area contributed by atoms with Gasteiger partial charge < -0.3 is 10.1 Å². The van der Waals surface area contributed by atoms with Crippen molar-refractivity contribution in [2.24, 2.45) is 0 Å². The molecule has 1 aliphatic rings. The Labute approximate surface area is 150 Å². The highest BCUT2D eigenvalue weighted by atomic mass is 35.5. The van der Waals surface area contributed by atoms with Crippen LogP contribution in [0.2, 0.25) is 5.02 Å². The van der Waals surface area contributed by atoms with E-state index in [1.807, 2.05) is 48.7 Å². The number of hydrogen-bond donors (Lipinski definition) is 2. The molecule has 1 aliphatic heterocycles. The Morgan fingerprint density at radius 3 is 2.56 bits per heavy atom. The van der Waals surface area contributed by atoms with Crippen LogP contribution in [-0.4, -0.2) is 27.8 Å². The summed E-state index contributed by atoms with van der Waals surface area (Å²) in [7, 11) is 0. The maximum absolute atomic E-state index is 6.15. The summed E-state index contributed by atoms with van der Waals surface area (Å²) in [6.07, 6.45) is 8.37. The van der Waals surface area contributed by atoms with Crippen molar-refractivity contribution in [3.05, 3.63) is 66.1 Å². The van der Waals surface area contributed by atoms with Crippen molar-refractivity contribution in [3.63, 3.8) is 0 Å². The van der Waals surface area contributed by atoms with Crippen molar-refractivity contribution in [2.45, 2.75) is 12.5 Å². The van der Waals surface area contributed by atoms with Gasteiger partial charge in [0.2, 0.25) is 5.88 Å². The van der Waals surface area contributed by atoms with Crippen LogP contribution in [0.15, 0.2) is 61.1 Å². The number of aromatic nitrogens is 3. The zero-order chi connectivity index (χ0) is 17.1. The third-order valence-electron chi connectivity index (χ3n) is 4.10. The molecule has 0 bridgehead atoms. The molecular weight excluding hydrogens is 336 g/mol. The topological polar surface area (TPSA) is 62.8 Å². The Hall–Kier alpha value is -2.79. The molecule has 0 spiro atoms. The molecule has 25 heavy (non-hydrogen) atoms. The van der Waals surface area contributed by atoms with E-state index in [1.165, 1.54) is 0 Å². The van der Waals surface area contributed by atoms with Crippen molar-refractivity contribution in [1.29, 1.82) is 0 Å². The van der Waals surface area contributed by atoms with E-state index >= 15 is 0 Å². The predicted molar refractivity (Wildman–Crippen MR) is 98.4 cm³/mol. The van der Waals surface area contributed by atoms with Gasteiger partial charge in [0.1, 0.15) is 6.10 Å². The summed E-state index contributed by atoms with van der Waals surface area (Å²) in [5.41, 5.74) is 3.83. The number of benzene rings is 1. The van der Waals surface area contributed by atoms with Crippen LogP contribution in [0, 0.1) is 0 Å². The van der Waals surface area contributed by atoms with E-state index in [0.717, 1.165) is 35.3 Å². The molecule has 4 rings (SSSR count). The Kier molecular flexibility index (Phi) is 4.39. The first-order chi connectivity index (χ1) is 12.3. The highest BCUT2D eigenvalue weighted by molar-refractivity contribution is 6.30. The number of pyridine rings is 1. The maximum atomic E-state index is 6.15. The Balaban J connectivity index is 1.78. The first-order valence-electron chi connectivity index (χ1n) is 8.12. The van der Waals surface area contributed by atoms with Gasteiger partial charge in [-0.25, -0.2) is 0 Å². The smallest absolute Gasteiger partial charge is 0.241 e. The molecule has 1 atom stereocenters. The van der Waals surface area contributed by atoms with Gasteiger partial charge in [-0.3, -0.25) is 10.1 Å². The summed E-state index contributed by atoms with van der Waals surface area (Å²) in [5.74, 6) is 0.590. The van der Waals surface area contributed by atoms with Crippen molar-refractivity contribution in [1.82, 2.24) is 20.5 Å². The van der Waals surface area contributed by atoms with Gasteiger partial charge in [0.15, 0.2) is 0 Å². The van der Waals surface area contributed by atoms with E-state index in [2.05, 4.69) is 20.5 Å². The number of nitrogens with one attached hydrogen (secondary N) is 2. The van der Waals surface area contributed by atoms with Crippen molar-refractivity contribution < 1.29 is 4.74 Å². The van der Waals surface area contributed by atoms with Crippen LogP contribution >= 0.6 is 11.6 Å². The third kappa shape index (κ3) is 3.37. The van der Waals surface area contributed by atoms with Crippen LogP contribution in [0.3, 0.4) is 0 Å². The van der Waals surface area contributed by atoms with Gasteiger partial charge in [-0.05, 0) is 42.1 Å². The fourth-order valence-corrected chi connectivity index (χ4v) is 2.97. The van der Waals surface area contributed by atoms with E-state index in [4.69, 9.17) is 16.3 Å². The summed E-state index contributed by atoms with van der Waals surface area (Å²) < 4.78 is 6.15. The van der Waals surface area contributed by atoms with Crippen molar-refractivity contribution >= 4 is 11.6 Å². The molecule has 1 aromatic carbocycles. The van der Waals surface area contributed by atoms with Crippen LogP contribution < -0.4 is 10.1 Å². The lowest BCUT2D eigenvalue weighted by Gasteiger charge is -2.18. The fraction of sp³-hybridized carbons (Fsp3) is 0.158. The number of ether oxygens (including phenoxy) is 1. The average molecular weight is 353 g/mol. The second-order valence-corrected chi connectivity index (χ2v) is 6.22. The monoisotopic (exact) mass is 352 g/mol. The summed E-state index contributed by atoms with van der Waals surface area (Å²) in [6, 6.07) is 11.6. The number of nitrogens with zero attached hydrogens (tertiary/aromatic N) is 2. The average Bonchev–Trinajstić information content (AvgIpc) is 3.07. The highest BCUT2D eigenvalue weighted by Gasteiger charge is 2.21. The molecule has 0 saturated carbocycles. The zero-order valence-electron chi connectivity index (χ0n) is 13.4. The fourth-order valence-electron chi connectivity index (χ4n) is 2.84. The second kappa shape index (κ2) is 6.99. The Morgan fingerprint density at radius 1 is 1.04 bits per heavy atom. The van der Waals surface area contributed by atoms with Crippen LogP contribution in [0.1, 0.15) is 6.42 Å². The molecule has 0 saturated heterocycles. The minimum Gasteiger partial charge on any atom is -0.468 e. The maximum Gasteiger partial charge on any atom is 0.241 e. The normalized spacial score (nSPS) is 16.4. The standard InChI is InChI=1S/C19H17ClN4O/c20-15-3-1-14(2-4-15)18-17(13-5-9-21-10-6-13)19(24-23-18)25-16-7-11-22-12-8-16/h1-7,9-11,16,22H,8,12H2,(H,23,24). The lowest BCUT2D eigenvalue weighted by atomic mass is 10.0. The van der Waals surface area contributed by atoms with Gasteiger partial charge in [-0.1, -0.05) is 23.7 Å². The van der Waals surface area contributed by atoms with Crippen molar-refractivity contribution in [2.75, 3.05) is 6.54 Å². The van der Waals surface area contributed by atoms with E-state index in [9.17, 15) is 0 Å². The summed E-state index contributed by atoms with van der Waals surface area (Å²) in [5, 5.41) is 11.4. The lowest BCUT2D eigenvalue weighted by Crippen LogP contribution is -2.25. The van der Waals surface area contributed by atoms with E-state index in [1.54, 1.807) is 12.4 Å². The van der Waals surface area contributed by atoms with E-state index < -0.39 is 0 Å². The molecule has 6 heteroatoms. The molecule has 2 N–H and O–H groups in total. The molecular formula is C19H17ClN4O. The van der Waals surface area contributed by atoms with Crippen LogP contribution in [0.5, 0.6) is 5.88 Å². The van der Waals surface area contributed by atoms with Gasteiger partial charge in [-0.2, -0.15) is 0 Å². The molecule has 0 fully saturated rings. The SMILES string of the molecule is Clc1ccc(-c2[nH]nc(OC3C=CNCC3)c2-c2ccncc2)cc1. The molecule has 126 valence electrons. The Bertz CT molecular complexity index is 874. The molecule has 5 nitrogen and oxygen atoms in total. The molecule has 3 aromatic rings. The number of H-pyrrole nitrogens is 1. The largest absolute Gasteiger partial charge is 0.468 e. The van der Waals surface area contributed by atoms with Gasteiger partial charge in [-0.15, -0.1) is 5.10 Å². The lowest BCUT2D eigenvalue weighted by molar-refractivity contribution is 0.224. The number of halogens is 1. The van der Waals surface area contributed by atoms with Gasteiger partial charge in [0, 0.05) is 35.9 Å². The van der Waals surface area contributed by atoms with E-state index in [0.29, 0.717) is 10.9 Å². The molecule has 0 amide bonds. The van der Waals surface area contributed by atoms with Gasteiger partial charge in [0.25, 0.3) is 0 Å². The minimum absolute atomic E-state index is 0.00297. The highest BCUT2D eigenvalue weighted by Crippen LogP contribution is 2.38. The first kappa shape index (κ1) is 15.7. The third-order valence-corrected chi connectivity index (χ3v) is 4.35. The predicted octanol–water partition coefficient (Wildman–Crippen LogP) is 4.05.